The zero-order chi connectivity index (χ0) is 15.9. The number of sulfonamides is 1. The van der Waals surface area contributed by atoms with Gasteiger partial charge < -0.3 is 5.32 Å². The van der Waals surface area contributed by atoms with Crippen molar-refractivity contribution in [2.75, 3.05) is 6.54 Å². The summed E-state index contributed by atoms with van der Waals surface area (Å²) in [5, 5.41) is 5.12. The Morgan fingerprint density at radius 3 is 2.62 bits per heavy atom. The molecule has 0 aliphatic rings. The number of hydrogen-bond acceptors (Lipinski definition) is 4. The van der Waals surface area contributed by atoms with E-state index in [1.165, 1.54) is 11.3 Å². The summed E-state index contributed by atoms with van der Waals surface area (Å²) in [7, 11) is -3.42. The van der Waals surface area contributed by atoms with Crippen molar-refractivity contribution in [1.29, 1.82) is 0 Å². The molecular weight excluding hydrogens is 304 g/mol. The minimum Gasteiger partial charge on any atom is -0.312 e. The van der Waals surface area contributed by atoms with E-state index in [2.05, 4.69) is 17.0 Å². The van der Waals surface area contributed by atoms with Crippen molar-refractivity contribution in [3.63, 3.8) is 0 Å². The number of rotatable bonds is 10. The maximum atomic E-state index is 12.6. The van der Waals surface area contributed by atoms with Crippen molar-refractivity contribution in [3.05, 3.63) is 15.8 Å². The van der Waals surface area contributed by atoms with Crippen molar-refractivity contribution in [3.8, 4) is 0 Å². The summed E-state index contributed by atoms with van der Waals surface area (Å²) in [6.45, 7) is 9.41. The van der Waals surface area contributed by atoms with E-state index in [4.69, 9.17) is 0 Å². The van der Waals surface area contributed by atoms with E-state index in [0.29, 0.717) is 11.4 Å². The molecule has 0 aromatic carbocycles. The van der Waals surface area contributed by atoms with E-state index in [-0.39, 0.29) is 6.04 Å². The maximum Gasteiger partial charge on any atom is 0.242 e. The molecule has 1 aromatic heterocycles. The van der Waals surface area contributed by atoms with Crippen LogP contribution < -0.4 is 10.0 Å². The molecule has 0 saturated carbocycles. The third-order valence-electron chi connectivity index (χ3n) is 3.39. The molecule has 0 bridgehead atoms. The number of thiophene rings is 1. The second kappa shape index (κ2) is 8.88. The van der Waals surface area contributed by atoms with Crippen LogP contribution in [0.2, 0.25) is 0 Å². The lowest BCUT2D eigenvalue weighted by molar-refractivity contribution is 0.526. The maximum absolute atomic E-state index is 12.6. The lowest BCUT2D eigenvalue weighted by atomic mass is 10.1. The van der Waals surface area contributed by atoms with Gasteiger partial charge in [0.1, 0.15) is 4.90 Å². The van der Waals surface area contributed by atoms with Crippen LogP contribution in [0.1, 0.15) is 56.9 Å². The Labute approximate surface area is 133 Å². The molecule has 1 heterocycles. The summed E-state index contributed by atoms with van der Waals surface area (Å²) < 4.78 is 28.0. The first-order valence-electron chi connectivity index (χ1n) is 7.72. The fourth-order valence-corrected chi connectivity index (χ4v) is 5.35. The Morgan fingerprint density at radius 2 is 2.00 bits per heavy atom. The van der Waals surface area contributed by atoms with E-state index in [1.807, 2.05) is 26.2 Å². The minimum absolute atomic E-state index is 0.0205. The summed E-state index contributed by atoms with van der Waals surface area (Å²) in [5.41, 5.74) is 0.834. The second-order valence-corrected chi connectivity index (χ2v) is 8.08. The SMILES string of the molecule is CCCCCC(C)NS(=O)(=O)c1c(C)csc1CNCC. The molecule has 122 valence electrons. The Hall–Kier alpha value is -0.430. The summed E-state index contributed by atoms with van der Waals surface area (Å²) >= 11 is 1.51. The topological polar surface area (TPSA) is 58.2 Å². The van der Waals surface area contributed by atoms with Gasteiger partial charge in [-0.05, 0) is 37.8 Å². The van der Waals surface area contributed by atoms with Crippen LogP contribution in [-0.2, 0) is 16.6 Å². The van der Waals surface area contributed by atoms with Crippen molar-refractivity contribution in [2.45, 2.75) is 70.9 Å². The van der Waals surface area contributed by atoms with Crippen LogP contribution in [-0.4, -0.2) is 21.0 Å². The molecule has 1 aromatic rings. The molecule has 1 atom stereocenters. The Kier molecular flexibility index (Phi) is 7.87. The highest BCUT2D eigenvalue weighted by Gasteiger charge is 2.24. The fraction of sp³-hybridized carbons (Fsp3) is 0.733. The Morgan fingerprint density at radius 1 is 1.29 bits per heavy atom. The van der Waals surface area contributed by atoms with E-state index >= 15 is 0 Å². The molecule has 2 N–H and O–H groups in total. The van der Waals surface area contributed by atoms with Gasteiger partial charge in [0.2, 0.25) is 10.0 Å². The first-order valence-corrected chi connectivity index (χ1v) is 10.1. The van der Waals surface area contributed by atoms with Gasteiger partial charge in [-0.25, -0.2) is 13.1 Å². The van der Waals surface area contributed by atoms with Gasteiger partial charge in [0, 0.05) is 17.5 Å². The van der Waals surface area contributed by atoms with Gasteiger partial charge in [0.15, 0.2) is 0 Å². The van der Waals surface area contributed by atoms with E-state index in [1.54, 1.807) is 0 Å². The summed E-state index contributed by atoms with van der Waals surface area (Å²) in [6, 6.07) is -0.0205. The molecule has 1 rings (SSSR count). The zero-order valence-corrected chi connectivity index (χ0v) is 15.2. The van der Waals surface area contributed by atoms with Gasteiger partial charge in [-0.1, -0.05) is 33.1 Å². The van der Waals surface area contributed by atoms with Crippen LogP contribution in [0.4, 0.5) is 0 Å². The van der Waals surface area contributed by atoms with Crippen LogP contribution in [0.3, 0.4) is 0 Å². The first kappa shape index (κ1) is 18.6. The number of nitrogens with one attached hydrogen (secondary N) is 2. The number of hydrogen-bond donors (Lipinski definition) is 2. The Bertz CT molecular complexity index is 524. The largest absolute Gasteiger partial charge is 0.312 e. The number of aryl methyl sites for hydroxylation is 1. The van der Waals surface area contributed by atoms with Crippen molar-refractivity contribution >= 4 is 21.4 Å². The molecule has 0 aliphatic heterocycles. The van der Waals surface area contributed by atoms with Crippen LogP contribution in [0.15, 0.2) is 10.3 Å². The first-order chi connectivity index (χ1) is 9.92. The van der Waals surface area contributed by atoms with E-state index in [9.17, 15) is 8.42 Å². The van der Waals surface area contributed by atoms with Crippen LogP contribution >= 0.6 is 11.3 Å². The normalized spacial score (nSPS) is 13.5. The van der Waals surface area contributed by atoms with Crippen LogP contribution in [0.5, 0.6) is 0 Å². The lowest BCUT2D eigenvalue weighted by Gasteiger charge is -2.15. The number of unbranched alkanes of at least 4 members (excludes halogenated alkanes) is 2. The van der Waals surface area contributed by atoms with Crippen LogP contribution in [0, 0.1) is 6.92 Å². The highest BCUT2D eigenvalue weighted by atomic mass is 32.2. The van der Waals surface area contributed by atoms with Gasteiger partial charge in [0.25, 0.3) is 0 Å². The highest BCUT2D eigenvalue weighted by Crippen LogP contribution is 2.27. The van der Waals surface area contributed by atoms with Gasteiger partial charge >= 0.3 is 0 Å². The van der Waals surface area contributed by atoms with Crippen molar-refractivity contribution in [1.82, 2.24) is 10.0 Å². The predicted octanol–water partition coefficient (Wildman–Crippen LogP) is 3.41. The molecule has 0 saturated heterocycles. The summed E-state index contributed by atoms with van der Waals surface area (Å²) in [6.07, 6.45) is 4.25. The monoisotopic (exact) mass is 332 g/mol. The van der Waals surface area contributed by atoms with Gasteiger partial charge in [-0.3, -0.25) is 0 Å². The minimum atomic E-state index is -3.42. The van der Waals surface area contributed by atoms with Gasteiger partial charge in [0.05, 0.1) is 0 Å². The molecule has 21 heavy (non-hydrogen) atoms. The smallest absolute Gasteiger partial charge is 0.242 e. The standard InChI is InChI=1S/C15H28N2O2S2/c1-5-7-8-9-13(4)17-21(18,19)15-12(3)11-20-14(15)10-16-6-2/h11,13,16-17H,5-10H2,1-4H3. The average molecular weight is 333 g/mol. The van der Waals surface area contributed by atoms with E-state index < -0.39 is 10.0 Å². The Balaban J connectivity index is 2.80. The molecule has 0 amide bonds. The third kappa shape index (κ3) is 5.70. The quantitative estimate of drug-likeness (QED) is 0.646. The lowest BCUT2D eigenvalue weighted by Crippen LogP contribution is -2.33. The third-order valence-corrected chi connectivity index (χ3v) is 6.44. The zero-order valence-electron chi connectivity index (χ0n) is 13.5. The molecule has 1 unspecified atom stereocenters. The van der Waals surface area contributed by atoms with Gasteiger partial charge in [-0.2, -0.15) is 0 Å². The molecule has 0 fully saturated rings. The molecule has 4 nitrogen and oxygen atoms in total. The average Bonchev–Trinajstić information content (AvgIpc) is 2.78. The van der Waals surface area contributed by atoms with E-state index in [0.717, 1.165) is 42.7 Å². The second-order valence-electron chi connectivity index (χ2n) is 5.47. The van der Waals surface area contributed by atoms with Crippen molar-refractivity contribution < 1.29 is 8.42 Å². The van der Waals surface area contributed by atoms with Crippen molar-refractivity contribution in [2.24, 2.45) is 0 Å². The van der Waals surface area contributed by atoms with Gasteiger partial charge in [-0.15, -0.1) is 11.3 Å². The molecule has 6 heteroatoms. The molecule has 0 spiro atoms. The molecular formula is C15H28N2O2S2. The fourth-order valence-electron chi connectivity index (χ4n) is 2.29. The molecule has 0 aliphatic carbocycles. The predicted molar refractivity (Wildman–Crippen MR) is 90.4 cm³/mol. The summed E-state index contributed by atoms with van der Waals surface area (Å²) in [5.74, 6) is 0. The highest BCUT2D eigenvalue weighted by molar-refractivity contribution is 7.89. The van der Waals surface area contributed by atoms with Crippen LogP contribution in [0.25, 0.3) is 0 Å². The molecule has 0 radical (unpaired) electrons. The summed E-state index contributed by atoms with van der Waals surface area (Å²) in [4.78, 5) is 1.36.